The van der Waals surface area contributed by atoms with Gasteiger partial charge in [0, 0.05) is 44.8 Å². The number of aliphatic hydroxyl groups excluding tert-OH is 1. The Balaban J connectivity index is 1.25. The molecule has 0 radical (unpaired) electrons. The van der Waals surface area contributed by atoms with E-state index in [-0.39, 0.29) is 45.2 Å². The van der Waals surface area contributed by atoms with Crippen molar-refractivity contribution in [3.8, 4) is 0 Å². The van der Waals surface area contributed by atoms with Gasteiger partial charge in [0.05, 0.1) is 23.9 Å². The molecule has 4 amide bonds. The van der Waals surface area contributed by atoms with Crippen LogP contribution in [0.1, 0.15) is 95.1 Å². The van der Waals surface area contributed by atoms with Crippen LogP contribution in [0.15, 0.2) is 36.4 Å². The normalized spacial score (nSPS) is 29.6. The number of fused-ring (bicyclic) bond motifs is 2. The Morgan fingerprint density at radius 3 is 2.54 bits per heavy atom. The lowest BCUT2D eigenvalue weighted by Crippen LogP contribution is -2.63. The number of carbonyl (C=O) groups excluding carboxylic acids is 4. The van der Waals surface area contributed by atoms with Crippen molar-refractivity contribution in [3.63, 3.8) is 0 Å². The fourth-order valence-electron chi connectivity index (χ4n) is 7.94. The highest BCUT2D eigenvalue weighted by atomic mass is 32.2. The van der Waals surface area contributed by atoms with Crippen LogP contribution in [0.5, 0.6) is 0 Å². The quantitative estimate of drug-likeness (QED) is 0.279. The summed E-state index contributed by atoms with van der Waals surface area (Å²) < 4.78 is 62.5. The van der Waals surface area contributed by atoms with Gasteiger partial charge in [-0.25, -0.2) is 22.0 Å². The molecule has 5 aliphatic rings. The molecule has 0 aromatic heterocycles. The van der Waals surface area contributed by atoms with Gasteiger partial charge in [-0.3, -0.25) is 14.4 Å². The van der Waals surface area contributed by atoms with Crippen molar-refractivity contribution in [2.24, 2.45) is 5.92 Å². The number of ether oxygens (including phenoxy) is 1. The van der Waals surface area contributed by atoms with Crippen LogP contribution in [0.2, 0.25) is 0 Å². The molecule has 1 aromatic carbocycles. The van der Waals surface area contributed by atoms with Crippen LogP contribution in [0, 0.1) is 5.92 Å². The summed E-state index contributed by atoms with van der Waals surface area (Å²) >= 11 is 0. The Labute approximate surface area is 315 Å². The van der Waals surface area contributed by atoms with E-state index in [4.69, 9.17) is 4.74 Å². The first-order valence-corrected chi connectivity index (χ1v) is 20.8. The summed E-state index contributed by atoms with van der Waals surface area (Å²) in [6.45, 7) is 1.60. The van der Waals surface area contributed by atoms with E-state index in [1.807, 2.05) is 30.3 Å². The molecule has 298 valence electrons. The molecule has 0 spiro atoms. The van der Waals surface area contributed by atoms with Crippen molar-refractivity contribution in [1.82, 2.24) is 24.7 Å². The molecule has 0 bridgehead atoms. The SMILES string of the molecule is C[C@]1(C(O)NS(=O)(=O)C2CC2)C/C=C\CCCCC[C@H](CC(=O)N2CCCC(F)(F)C2)C(=O)N2CC(OC(=O)N3CCc4ccccc4C3)C[C@H]2C(=O)N1. The van der Waals surface area contributed by atoms with Gasteiger partial charge in [0.15, 0.2) is 0 Å². The van der Waals surface area contributed by atoms with Crippen LogP contribution < -0.4 is 10.0 Å². The van der Waals surface area contributed by atoms with Gasteiger partial charge in [-0.1, -0.05) is 49.3 Å². The molecular weight excluding hydrogens is 725 g/mol. The largest absolute Gasteiger partial charge is 0.444 e. The first-order valence-electron chi connectivity index (χ1n) is 19.3. The zero-order valence-corrected chi connectivity index (χ0v) is 31.7. The van der Waals surface area contributed by atoms with Crippen molar-refractivity contribution in [3.05, 3.63) is 47.5 Å². The number of benzene rings is 1. The molecule has 2 unspecified atom stereocenters. The predicted octanol–water partition coefficient (Wildman–Crippen LogP) is 3.60. The van der Waals surface area contributed by atoms with Crippen molar-refractivity contribution in [1.29, 1.82) is 0 Å². The molecule has 1 aliphatic carbocycles. The molecule has 16 heteroatoms. The van der Waals surface area contributed by atoms with Gasteiger partial charge >= 0.3 is 6.09 Å². The minimum absolute atomic E-state index is 0.0696. The van der Waals surface area contributed by atoms with E-state index >= 15 is 0 Å². The molecule has 3 fully saturated rings. The van der Waals surface area contributed by atoms with E-state index in [1.165, 1.54) is 11.8 Å². The third kappa shape index (κ3) is 9.78. The standard InChI is InChI=1S/C38H53F2N5O8S/c1-37(35(49)42-54(51,52)30-14-15-30)17-9-5-3-2-4-6-12-27(21-32(46)44-19-10-18-38(39,40)25-44)34(48)45-24-29(22-31(45)33(47)41-37)53-36(50)43-20-16-26-11-7-8-13-28(26)23-43/h5,7-9,11,13,27,29-31,35,42,49H,2-4,6,10,12,14-25H2,1H3,(H,41,47)/b9-5-/t27-,29?,31+,35?,37-/m1/s1. The summed E-state index contributed by atoms with van der Waals surface area (Å²) in [5.74, 6) is -5.70. The van der Waals surface area contributed by atoms with E-state index in [2.05, 4.69) is 10.0 Å². The van der Waals surface area contributed by atoms with Crippen LogP contribution in [0.25, 0.3) is 0 Å². The highest BCUT2D eigenvalue weighted by Gasteiger charge is 2.48. The number of piperidine rings is 1. The minimum atomic E-state index is -3.86. The summed E-state index contributed by atoms with van der Waals surface area (Å²) in [7, 11) is -3.86. The van der Waals surface area contributed by atoms with E-state index < -0.39 is 81.4 Å². The lowest BCUT2D eigenvalue weighted by molar-refractivity contribution is -0.149. The number of aliphatic hydroxyl groups is 1. The molecule has 3 N–H and O–H groups in total. The number of nitrogens with zero attached hydrogens (tertiary/aromatic N) is 3. The van der Waals surface area contributed by atoms with E-state index in [9.17, 15) is 41.5 Å². The van der Waals surface area contributed by atoms with Gasteiger partial charge in [-0.2, -0.15) is 4.72 Å². The number of amides is 4. The monoisotopic (exact) mass is 777 g/mol. The number of likely N-dealkylation sites (tertiary alicyclic amines) is 1. The number of allylic oxidation sites excluding steroid dienone is 1. The second kappa shape index (κ2) is 16.6. The highest BCUT2D eigenvalue weighted by molar-refractivity contribution is 7.90. The molecule has 5 atom stereocenters. The Morgan fingerprint density at radius 1 is 1.04 bits per heavy atom. The zero-order valence-electron chi connectivity index (χ0n) is 30.9. The Morgan fingerprint density at radius 2 is 1.80 bits per heavy atom. The fourth-order valence-corrected chi connectivity index (χ4v) is 9.46. The maximum absolute atomic E-state index is 14.5. The average molecular weight is 778 g/mol. The van der Waals surface area contributed by atoms with E-state index in [0.717, 1.165) is 22.4 Å². The smallest absolute Gasteiger partial charge is 0.410 e. The molecule has 4 aliphatic heterocycles. The fraction of sp³-hybridized carbons (Fsp3) is 0.684. The van der Waals surface area contributed by atoms with Crippen LogP contribution in [0.4, 0.5) is 13.6 Å². The van der Waals surface area contributed by atoms with Gasteiger partial charge in [0.1, 0.15) is 18.4 Å². The number of carbonyl (C=O) groups is 4. The summed E-state index contributed by atoms with van der Waals surface area (Å²) in [5, 5.41) is 13.5. The summed E-state index contributed by atoms with van der Waals surface area (Å²) in [5.41, 5.74) is 0.608. The average Bonchev–Trinajstić information content (AvgIpc) is 3.91. The van der Waals surface area contributed by atoms with Crippen molar-refractivity contribution in [2.45, 2.75) is 132 Å². The van der Waals surface area contributed by atoms with Crippen molar-refractivity contribution < 1.29 is 46.2 Å². The molecule has 1 saturated carbocycles. The number of sulfonamides is 1. The number of hydrogen-bond donors (Lipinski definition) is 3. The van der Waals surface area contributed by atoms with Gasteiger partial charge in [0.2, 0.25) is 27.7 Å². The third-order valence-corrected chi connectivity index (χ3v) is 13.3. The maximum atomic E-state index is 14.5. The second-order valence-electron chi connectivity index (χ2n) is 15.8. The van der Waals surface area contributed by atoms with Crippen molar-refractivity contribution in [2.75, 3.05) is 26.2 Å². The number of halogens is 2. The molecule has 6 rings (SSSR count). The number of alkyl halides is 2. The summed E-state index contributed by atoms with van der Waals surface area (Å²) in [6.07, 6.45) is 4.56. The summed E-state index contributed by atoms with van der Waals surface area (Å²) in [4.78, 5) is 59.7. The molecular formula is C38H53F2N5O8S. The second-order valence-corrected chi connectivity index (χ2v) is 17.8. The number of hydrogen-bond acceptors (Lipinski definition) is 8. The minimum Gasteiger partial charge on any atom is -0.444 e. The molecule has 13 nitrogen and oxygen atoms in total. The zero-order chi connectivity index (χ0) is 38.7. The van der Waals surface area contributed by atoms with Crippen LogP contribution >= 0.6 is 0 Å². The van der Waals surface area contributed by atoms with Crippen LogP contribution in [0.3, 0.4) is 0 Å². The molecule has 54 heavy (non-hydrogen) atoms. The Bertz CT molecular complexity index is 1710. The molecule has 2 saturated heterocycles. The highest BCUT2D eigenvalue weighted by Crippen LogP contribution is 2.32. The molecule has 4 heterocycles. The lowest BCUT2D eigenvalue weighted by Gasteiger charge is -2.37. The first-order chi connectivity index (χ1) is 25.6. The van der Waals surface area contributed by atoms with E-state index in [0.29, 0.717) is 58.0 Å². The third-order valence-electron chi connectivity index (χ3n) is 11.4. The first kappa shape index (κ1) is 40.0. The van der Waals surface area contributed by atoms with Gasteiger partial charge < -0.3 is 29.9 Å². The number of rotatable bonds is 7. The number of nitrogens with one attached hydrogen (secondary N) is 2. The molecule has 1 aromatic rings. The van der Waals surface area contributed by atoms with Crippen LogP contribution in [-0.4, -0.2) is 113 Å². The lowest BCUT2D eigenvalue weighted by atomic mass is 9.93. The van der Waals surface area contributed by atoms with E-state index in [1.54, 1.807) is 11.0 Å². The Kier molecular flexibility index (Phi) is 12.3. The van der Waals surface area contributed by atoms with Crippen molar-refractivity contribution >= 4 is 33.8 Å². The summed E-state index contributed by atoms with van der Waals surface area (Å²) in [6, 6.07) is 6.60. The van der Waals surface area contributed by atoms with Gasteiger partial charge in [-0.05, 0) is 69.4 Å². The predicted molar refractivity (Wildman–Crippen MR) is 194 cm³/mol. The van der Waals surface area contributed by atoms with Gasteiger partial charge in [-0.15, -0.1) is 0 Å². The van der Waals surface area contributed by atoms with Crippen LogP contribution in [-0.2, 0) is 42.1 Å². The maximum Gasteiger partial charge on any atom is 0.410 e. The Hall–Kier alpha value is -3.63. The van der Waals surface area contributed by atoms with Gasteiger partial charge in [0.25, 0.3) is 5.92 Å². The topological polar surface area (TPSA) is 166 Å².